The molecule has 0 atom stereocenters. The molecule has 0 bridgehead atoms. The van der Waals surface area contributed by atoms with E-state index in [4.69, 9.17) is 0 Å². The SMILES string of the molecule is Cl.F.[BaH2].[LiH]. The van der Waals surface area contributed by atoms with Gasteiger partial charge in [0.25, 0.3) is 0 Å². The van der Waals surface area contributed by atoms with E-state index in [9.17, 15) is 0 Å². The molecule has 0 saturated heterocycles. The summed E-state index contributed by atoms with van der Waals surface area (Å²) in [4.78, 5) is 0. The first-order valence-electron chi connectivity index (χ1n) is 0. The van der Waals surface area contributed by atoms with Crippen molar-refractivity contribution >= 4 is 80.1 Å². The van der Waals surface area contributed by atoms with Gasteiger partial charge >= 0.3 is 67.7 Å². The van der Waals surface area contributed by atoms with Crippen molar-refractivity contribution in [3.63, 3.8) is 0 Å². The van der Waals surface area contributed by atoms with E-state index in [1.807, 2.05) is 0 Å². The first kappa shape index (κ1) is 32.5. The third kappa shape index (κ3) is 8.83. The van der Waals surface area contributed by atoms with E-state index in [1.54, 1.807) is 0 Å². The molecule has 0 amide bonds. The Balaban J connectivity index is 0. The van der Waals surface area contributed by atoms with Gasteiger partial charge in [0, 0.05) is 0 Å². The minimum atomic E-state index is 0. The summed E-state index contributed by atoms with van der Waals surface area (Å²) >= 11 is 0. The zero-order chi connectivity index (χ0) is 0. The fourth-order valence-electron chi connectivity index (χ4n) is 0. The molecule has 0 radical (unpaired) electrons. The predicted molar refractivity (Wildman–Crippen MR) is 25.4 cm³/mol. The summed E-state index contributed by atoms with van der Waals surface area (Å²) in [6, 6.07) is 0. The van der Waals surface area contributed by atoms with Gasteiger partial charge in [-0.25, -0.2) is 0 Å². The van der Waals surface area contributed by atoms with Gasteiger partial charge in [0.2, 0.25) is 0 Å². The molecular weight excluding hydrogens is 199 g/mol. The number of hydrogen-bond acceptors (Lipinski definition) is 0. The molecule has 0 heterocycles. The van der Waals surface area contributed by atoms with E-state index >= 15 is 0 Å². The standard InChI is InChI=1S/Ba.ClH.FH.Li.3H/h;2*1H;;;;. The normalized spacial score (nSPS) is 0. The molecule has 0 aromatic rings. The van der Waals surface area contributed by atoms with Gasteiger partial charge in [-0.15, -0.1) is 12.4 Å². The molecule has 0 aliphatic carbocycles. The van der Waals surface area contributed by atoms with Crippen LogP contribution >= 0.6 is 12.4 Å². The third-order valence-corrected chi connectivity index (χ3v) is 0. The van der Waals surface area contributed by atoms with Crippen LogP contribution < -0.4 is 0 Å². The van der Waals surface area contributed by atoms with Crippen LogP contribution in [0.4, 0.5) is 4.70 Å². The van der Waals surface area contributed by atoms with Gasteiger partial charge in [-0.1, -0.05) is 0 Å². The molecule has 0 aromatic heterocycles. The molecule has 22 valence electrons. The molecule has 0 nitrogen and oxygen atoms in total. The van der Waals surface area contributed by atoms with Crippen molar-refractivity contribution in [2.45, 2.75) is 0 Å². The van der Waals surface area contributed by atoms with Gasteiger partial charge in [0.05, 0.1) is 0 Å². The number of rotatable bonds is 0. The van der Waals surface area contributed by atoms with Gasteiger partial charge in [0.1, 0.15) is 0 Å². The molecule has 4 heavy (non-hydrogen) atoms. The Morgan fingerprint density at radius 1 is 1.00 bits per heavy atom. The topological polar surface area (TPSA) is 0 Å². The predicted octanol–water partition coefficient (Wildman–Crippen LogP) is -0.990. The van der Waals surface area contributed by atoms with Crippen molar-refractivity contribution in [1.29, 1.82) is 0 Å². The van der Waals surface area contributed by atoms with Crippen LogP contribution in [0.1, 0.15) is 0 Å². The first-order valence-corrected chi connectivity index (χ1v) is 0. The van der Waals surface area contributed by atoms with Crippen LogP contribution in [0, 0.1) is 0 Å². The van der Waals surface area contributed by atoms with E-state index in [0.29, 0.717) is 0 Å². The van der Waals surface area contributed by atoms with E-state index < -0.39 is 0 Å². The summed E-state index contributed by atoms with van der Waals surface area (Å²) in [7, 11) is 0. The summed E-state index contributed by atoms with van der Waals surface area (Å²) < 4.78 is 0. The fraction of sp³-hybridized carbons (Fsp3) is 0. The fourth-order valence-corrected chi connectivity index (χ4v) is 0. The van der Waals surface area contributed by atoms with Crippen LogP contribution in [0.3, 0.4) is 0 Å². The minimum absolute atomic E-state index is 0. The molecule has 0 aliphatic heterocycles. The van der Waals surface area contributed by atoms with Crippen molar-refractivity contribution in [3.05, 3.63) is 0 Å². The molecule has 4 heteroatoms. The maximum atomic E-state index is 0. The Labute approximate surface area is 83.1 Å². The second-order valence-electron chi connectivity index (χ2n) is 0. The summed E-state index contributed by atoms with van der Waals surface area (Å²) in [6.07, 6.45) is 0. The van der Waals surface area contributed by atoms with E-state index in [-0.39, 0.29) is 84.9 Å². The van der Waals surface area contributed by atoms with E-state index in [2.05, 4.69) is 0 Å². The van der Waals surface area contributed by atoms with Crippen LogP contribution in [-0.4, -0.2) is 67.7 Å². The van der Waals surface area contributed by atoms with Gasteiger partial charge in [-0.05, 0) is 0 Å². The van der Waals surface area contributed by atoms with Crippen molar-refractivity contribution in [2.24, 2.45) is 0 Å². The zero-order valence-electron chi connectivity index (χ0n) is 0.816. The summed E-state index contributed by atoms with van der Waals surface area (Å²) in [5.41, 5.74) is 0. The summed E-state index contributed by atoms with van der Waals surface area (Å²) in [6.45, 7) is 0. The van der Waals surface area contributed by atoms with Crippen molar-refractivity contribution in [3.8, 4) is 0 Å². The quantitative estimate of drug-likeness (QED) is 0.444. The van der Waals surface area contributed by atoms with Gasteiger partial charge in [-0.3, -0.25) is 4.70 Å². The molecule has 0 aliphatic rings. The van der Waals surface area contributed by atoms with E-state index in [1.165, 1.54) is 0 Å². The Bertz CT molecular complexity index is 8.00. The zero-order valence-corrected chi connectivity index (χ0v) is 1.63. The van der Waals surface area contributed by atoms with Crippen LogP contribution in [-0.2, 0) is 0 Å². The van der Waals surface area contributed by atoms with E-state index in [0.717, 1.165) is 0 Å². The number of hydrogen-bond donors (Lipinski definition) is 0. The summed E-state index contributed by atoms with van der Waals surface area (Å²) in [5.74, 6) is 0. The molecule has 0 fully saturated rings. The Kier molecular flexibility index (Phi) is 148. The molecule has 0 aromatic carbocycles. The van der Waals surface area contributed by atoms with Crippen molar-refractivity contribution in [2.75, 3.05) is 0 Å². The van der Waals surface area contributed by atoms with Crippen LogP contribution in [0.2, 0.25) is 0 Å². The monoisotopic (exact) mass is 204 g/mol. The Morgan fingerprint density at radius 3 is 1.00 bits per heavy atom. The van der Waals surface area contributed by atoms with Gasteiger partial charge in [-0.2, -0.15) is 0 Å². The first-order chi connectivity index (χ1) is 0. The molecule has 0 spiro atoms. The van der Waals surface area contributed by atoms with Crippen LogP contribution in [0.5, 0.6) is 0 Å². The van der Waals surface area contributed by atoms with Crippen LogP contribution in [0.25, 0.3) is 0 Å². The molecular formula is H5BaClFLi. The molecule has 0 saturated carbocycles. The maximum absolute atomic E-state index is 0. The third-order valence-electron chi connectivity index (χ3n) is 0. The second kappa shape index (κ2) is 18.2. The molecule has 0 N–H and O–H groups in total. The molecule has 0 unspecified atom stereocenters. The Hall–Kier alpha value is 2.39. The number of halogens is 2. The average Bonchev–Trinajstić information content (AvgIpc) is 0. The van der Waals surface area contributed by atoms with Crippen molar-refractivity contribution in [1.82, 2.24) is 0 Å². The van der Waals surface area contributed by atoms with Crippen molar-refractivity contribution < 1.29 is 4.70 Å². The second-order valence-corrected chi connectivity index (χ2v) is 0. The average molecular weight is 204 g/mol. The Morgan fingerprint density at radius 2 is 1.00 bits per heavy atom. The van der Waals surface area contributed by atoms with Gasteiger partial charge in [0.15, 0.2) is 0 Å². The van der Waals surface area contributed by atoms with Crippen LogP contribution in [0.15, 0.2) is 0 Å². The summed E-state index contributed by atoms with van der Waals surface area (Å²) in [5, 5.41) is 0. The van der Waals surface area contributed by atoms with Gasteiger partial charge < -0.3 is 0 Å². The molecule has 0 rings (SSSR count).